The van der Waals surface area contributed by atoms with Crippen LogP contribution in [0.4, 0.5) is 17.6 Å². The molecule has 0 unspecified atom stereocenters. The standard InChI is InChI=1S/C9H6F4N2/c10-7-4-6(9(11,12)13)5-15-8(7)2-1-3-14/h4-5H,3,14H2. The van der Waals surface area contributed by atoms with Gasteiger partial charge in [0.1, 0.15) is 5.69 Å². The van der Waals surface area contributed by atoms with E-state index in [4.69, 9.17) is 5.73 Å². The summed E-state index contributed by atoms with van der Waals surface area (Å²) in [4.78, 5) is 3.26. The van der Waals surface area contributed by atoms with Gasteiger partial charge in [-0.3, -0.25) is 0 Å². The Labute approximate surface area is 83.1 Å². The lowest BCUT2D eigenvalue weighted by atomic mass is 10.2. The van der Waals surface area contributed by atoms with Crippen molar-refractivity contribution in [1.29, 1.82) is 0 Å². The molecule has 0 radical (unpaired) electrons. The van der Waals surface area contributed by atoms with Crippen molar-refractivity contribution in [1.82, 2.24) is 4.98 Å². The molecule has 2 nitrogen and oxygen atoms in total. The highest BCUT2D eigenvalue weighted by atomic mass is 19.4. The number of rotatable bonds is 0. The molecule has 2 N–H and O–H groups in total. The summed E-state index contributed by atoms with van der Waals surface area (Å²) in [5.74, 6) is 3.41. The van der Waals surface area contributed by atoms with E-state index in [1.54, 1.807) is 0 Å². The van der Waals surface area contributed by atoms with Crippen molar-refractivity contribution in [2.24, 2.45) is 5.73 Å². The molecule has 0 bridgehead atoms. The molecule has 15 heavy (non-hydrogen) atoms. The van der Waals surface area contributed by atoms with Gasteiger partial charge in [-0.15, -0.1) is 0 Å². The van der Waals surface area contributed by atoms with Gasteiger partial charge in [0.15, 0.2) is 5.82 Å². The van der Waals surface area contributed by atoms with Crippen molar-refractivity contribution in [2.45, 2.75) is 6.18 Å². The zero-order valence-electron chi connectivity index (χ0n) is 7.40. The van der Waals surface area contributed by atoms with Crippen LogP contribution in [0.5, 0.6) is 0 Å². The third-order valence-electron chi connectivity index (χ3n) is 1.48. The normalized spacial score (nSPS) is 10.7. The number of hydrogen-bond donors (Lipinski definition) is 1. The van der Waals surface area contributed by atoms with Crippen LogP contribution in [0.2, 0.25) is 0 Å². The van der Waals surface area contributed by atoms with Crippen molar-refractivity contribution in [2.75, 3.05) is 6.54 Å². The second-order valence-electron chi connectivity index (χ2n) is 2.56. The minimum Gasteiger partial charge on any atom is -0.320 e. The molecule has 0 saturated carbocycles. The SMILES string of the molecule is NCC#Cc1ncc(C(F)(F)F)cc1F. The zero-order valence-corrected chi connectivity index (χ0v) is 7.40. The van der Waals surface area contributed by atoms with Gasteiger partial charge in [0.25, 0.3) is 0 Å². The molecule has 0 aromatic carbocycles. The summed E-state index contributed by atoms with van der Waals surface area (Å²) < 4.78 is 49.3. The lowest BCUT2D eigenvalue weighted by Crippen LogP contribution is -2.07. The Morgan fingerprint density at radius 2 is 2.07 bits per heavy atom. The number of nitrogens with two attached hydrogens (primary N) is 1. The minimum atomic E-state index is -4.60. The summed E-state index contributed by atoms with van der Waals surface area (Å²) in [6.07, 6.45) is -4.07. The summed E-state index contributed by atoms with van der Waals surface area (Å²) in [7, 11) is 0. The van der Waals surface area contributed by atoms with Crippen molar-refractivity contribution in [3.8, 4) is 11.8 Å². The fourth-order valence-corrected chi connectivity index (χ4v) is 0.820. The smallest absolute Gasteiger partial charge is 0.320 e. The second-order valence-corrected chi connectivity index (χ2v) is 2.56. The molecule has 0 aliphatic rings. The van der Waals surface area contributed by atoms with E-state index in [2.05, 4.69) is 16.8 Å². The average molecular weight is 218 g/mol. The Morgan fingerprint density at radius 1 is 1.40 bits per heavy atom. The number of nitrogens with zero attached hydrogens (tertiary/aromatic N) is 1. The summed E-state index contributed by atoms with van der Waals surface area (Å²) >= 11 is 0. The van der Waals surface area contributed by atoms with Gasteiger partial charge in [-0.2, -0.15) is 13.2 Å². The summed E-state index contributed by atoms with van der Waals surface area (Å²) in [5.41, 5.74) is 3.54. The van der Waals surface area contributed by atoms with Gasteiger partial charge in [0, 0.05) is 6.20 Å². The van der Waals surface area contributed by atoms with Crippen molar-refractivity contribution in [3.05, 3.63) is 29.3 Å². The molecule has 0 amide bonds. The maximum absolute atomic E-state index is 13.0. The number of hydrogen-bond acceptors (Lipinski definition) is 2. The van der Waals surface area contributed by atoms with Gasteiger partial charge >= 0.3 is 6.18 Å². The van der Waals surface area contributed by atoms with Crippen LogP contribution in [-0.2, 0) is 6.18 Å². The van der Waals surface area contributed by atoms with E-state index in [9.17, 15) is 17.6 Å². The van der Waals surface area contributed by atoms with Crippen LogP contribution in [0.25, 0.3) is 0 Å². The summed E-state index contributed by atoms with van der Waals surface area (Å²) in [5, 5.41) is 0. The van der Waals surface area contributed by atoms with Gasteiger partial charge in [-0.25, -0.2) is 9.37 Å². The van der Waals surface area contributed by atoms with E-state index in [-0.39, 0.29) is 12.2 Å². The molecule has 80 valence electrons. The Balaban J connectivity index is 3.09. The van der Waals surface area contributed by atoms with Crippen LogP contribution < -0.4 is 5.73 Å². The first kappa shape index (κ1) is 11.5. The molecule has 1 heterocycles. The molecule has 0 fully saturated rings. The topological polar surface area (TPSA) is 38.9 Å². The molecule has 1 rings (SSSR count). The lowest BCUT2D eigenvalue weighted by molar-refractivity contribution is -0.138. The molecule has 0 aliphatic carbocycles. The van der Waals surface area contributed by atoms with Crippen LogP contribution in [0.1, 0.15) is 11.3 Å². The summed E-state index contributed by atoms with van der Waals surface area (Å²) in [6.45, 7) is -0.0118. The largest absolute Gasteiger partial charge is 0.417 e. The molecular weight excluding hydrogens is 212 g/mol. The van der Waals surface area contributed by atoms with Crippen LogP contribution in [-0.4, -0.2) is 11.5 Å². The maximum Gasteiger partial charge on any atom is 0.417 e. The van der Waals surface area contributed by atoms with Crippen LogP contribution in [0.3, 0.4) is 0 Å². The van der Waals surface area contributed by atoms with Gasteiger partial charge in [-0.1, -0.05) is 5.92 Å². The van der Waals surface area contributed by atoms with E-state index in [0.29, 0.717) is 12.3 Å². The van der Waals surface area contributed by atoms with Gasteiger partial charge in [0.2, 0.25) is 0 Å². The maximum atomic E-state index is 13.0. The van der Waals surface area contributed by atoms with Crippen molar-refractivity contribution >= 4 is 0 Å². The van der Waals surface area contributed by atoms with Crippen molar-refractivity contribution < 1.29 is 17.6 Å². The molecule has 0 aliphatic heterocycles. The lowest BCUT2D eigenvalue weighted by Gasteiger charge is -2.05. The van der Waals surface area contributed by atoms with Gasteiger partial charge in [-0.05, 0) is 12.0 Å². The second kappa shape index (κ2) is 4.28. The number of alkyl halides is 3. The Kier molecular flexibility index (Phi) is 3.27. The van der Waals surface area contributed by atoms with Gasteiger partial charge in [0.05, 0.1) is 12.1 Å². The van der Waals surface area contributed by atoms with Crippen LogP contribution in [0, 0.1) is 17.7 Å². The molecule has 0 atom stereocenters. The Hall–Kier alpha value is -1.61. The average Bonchev–Trinajstić information content (AvgIpc) is 2.14. The van der Waals surface area contributed by atoms with E-state index in [0.717, 1.165) is 0 Å². The van der Waals surface area contributed by atoms with E-state index >= 15 is 0 Å². The number of aromatic nitrogens is 1. The van der Waals surface area contributed by atoms with Gasteiger partial charge < -0.3 is 5.73 Å². The first-order chi connectivity index (χ1) is 6.95. The molecule has 1 aromatic rings. The highest BCUT2D eigenvalue weighted by Gasteiger charge is 2.31. The van der Waals surface area contributed by atoms with E-state index < -0.39 is 17.6 Å². The highest BCUT2D eigenvalue weighted by molar-refractivity contribution is 5.31. The fourth-order valence-electron chi connectivity index (χ4n) is 0.820. The third-order valence-corrected chi connectivity index (χ3v) is 1.48. The molecule has 6 heteroatoms. The number of halogens is 4. The Bertz CT molecular complexity index is 414. The zero-order chi connectivity index (χ0) is 11.5. The van der Waals surface area contributed by atoms with Crippen LogP contribution in [0.15, 0.2) is 12.3 Å². The van der Waals surface area contributed by atoms with E-state index in [1.165, 1.54) is 0 Å². The molecule has 1 aromatic heterocycles. The summed E-state index contributed by atoms with van der Waals surface area (Å²) in [6, 6.07) is 0.355. The first-order valence-electron chi connectivity index (χ1n) is 3.87. The van der Waals surface area contributed by atoms with E-state index in [1.807, 2.05) is 0 Å². The molecular formula is C9H6F4N2. The number of pyridine rings is 1. The monoisotopic (exact) mass is 218 g/mol. The molecule has 0 spiro atoms. The fraction of sp³-hybridized carbons (Fsp3) is 0.222. The van der Waals surface area contributed by atoms with Crippen molar-refractivity contribution in [3.63, 3.8) is 0 Å². The highest BCUT2D eigenvalue weighted by Crippen LogP contribution is 2.29. The predicted octanol–water partition coefficient (Wildman–Crippen LogP) is 1.55. The predicted molar refractivity (Wildman–Crippen MR) is 45.1 cm³/mol. The Morgan fingerprint density at radius 3 is 2.53 bits per heavy atom. The minimum absolute atomic E-state index is 0.0118. The molecule has 0 saturated heterocycles. The third kappa shape index (κ3) is 2.92. The first-order valence-corrected chi connectivity index (χ1v) is 3.87. The quantitative estimate of drug-likeness (QED) is 0.530. The van der Waals surface area contributed by atoms with Crippen LogP contribution >= 0.6 is 0 Å².